The molecule has 0 heterocycles. The van der Waals surface area contributed by atoms with Crippen molar-refractivity contribution in [3.05, 3.63) is 107 Å². The van der Waals surface area contributed by atoms with Gasteiger partial charge in [-0.1, -0.05) is 90.5 Å². The number of carbonyl (C=O) groups is 4. The second-order valence-corrected chi connectivity index (χ2v) is 13.6. The molecule has 0 saturated carbocycles. The molecule has 0 spiro atoms. The van der Waals surface area contributed by atoms with Crippen molar-refractivity contribution in [1.82, 2.24) is 15.5 Å². The van der Waals surface area contributed by atoms with Crippen LogP contribution in [0.4, 0.5) is 4.79 Å². The number of hydrogen-bond donors (Lipinski definition) is 2. The number of nitrogens with zero attached hydrogens (tertiary/aromatic N) is 2. The maximum atomic E-state index is 14.5. The van der Waals surface area contributed by atoms with Crippen LogP contribution in [-0.4, -0.2) is 58.6 Å². The average Bonchev–Trinajstić information content (AvgIpc) is 3.00. The van der Waals surface area contributed by atoms with Gasteiger partial charge in [0.05, 0.1) is 6.07 Å². The van der Waals surface area contributed by atoms with Gasteiger partial charge in [0.15, 0.2) is 0 Å². The summed E-state index contributed by atoms with van der Waals surface area (Å²) in [5.74, 6) is -2.01. The maximum Gasteiger partial charge on any atom is 0.408 e. The number of benzene rings is 3. The third-order valence-electron chi connectivity index (χ3n) is 7.04. The standard InChI is InChI=1S/C38H46N4O6/c1-26-18-20-29(21-19-26)32(33(43)40-31(35(45)47-37(2,3)4)25-28-16-12-9-13-17-28)42(23-22-39)34(44)30(24-27-14-10-8-11-15-27)41-36(46)48-38(5,6)7/h8-21,30-32H,23-25H2,1-7H3,(H,40,43)(H,41,46). The number of carbonyl (C=O) groups excluding carboxylic acids is 4. The topological polar surface area (TPSA) is 138 Å². The minimum absolute atomic E-state index is 0.0671. The molecule has 3 unspecified atom stereocenters. The molecule has 2 N–H and O–H groups in total. The summed E-state index contributed by atoms with van der Waals surface area (Å²) in [6, 6.07) is 23.6. The van der Waals surface area contributed by atoms with Crippen molar-refractivity contribution in [1.29, 1.82) is 5.26 Å². The van der Waals surface area contributed by atoms with Gasteiger partial charge in [-0.3, -0.25) is 9.59 Å². The van der Waals surface area contributed by atoms with Gasteiger partial charge < -0.3 is 25.0 Å². The summed E-state index contributed by atoms with van der Waals surface area (Å²) in [6.45, 7) is 11.7. The van der Waals surface area contributed by atoms with Gasteiger partial charge in [0.1, 0.15) is 35.9 Å². The zero-order valence-electron chi connectivity index (χ0n) is 28.8. The molecule has 0 radical (unpaired) electrons. The number of aryl methyl sites for hydroxylation is 1. The number of esters is 1. The lowest BCUT2D eigenvalue weighted by Gasteiger charge is -2.34. The first kappa shape index (κ1) is 37.3. The van der Waals surface area contributed by atoms with Crippen molar-refractivity contribution in [2.24, 2.45) is 0 Å². The fourth-order valence-corrected chi connectivity index (χ4v) is 4.96. The first-order chi connectivity index (χ1) is 22.6. The van der Waals surface area contributed by atoms with Crippen LogP contribution >= 0.6 is 0 Å². The Morgan fingerprint density at radius 2 is 1.23 bits per heavy atom. The Balaban J connectivity index is 2.07. The molecule has 3 atom stereocenters. The lowest BCUT2D eigenvalue weighted by molar-refractivity contribution is -0.159. The summed E-state index contributed by atoms with van der Waals surface area (Å²) in [5.41, 5.74) is 1.20. The summed E-state index contributed by atoms with van der Waals surface area (Å²) in [7, 11) is 0. The minimum atomic E-state index is -1.34. The van der Waals surface area contributed by atoms with Crippen LogP contribution in [-0.2, 0) is 36.7 Å². The van der Waals surface area contributed by atoms with E-state index in [9.17, 15) is 24.4 Å². The van der Waals surface area contributed by atoms with E-state index in [2.05, 4.69) is 10.6 Å². The molecular weight excluding hydrogens is 608 g/mol. The number of nitriles is 1. The summed E-state index contributed by atoms with van der Waals surface area (Å²) in [4.78, 5) is 56.4. The van der Waals surface area contributed by atoms with E-state index in [1.165, 1.54) is 0 Å². The molecule has 48 heavy (non-hydrogen) atoms. The lowest BCUT2D eigenvalue weighted by atomic mass is 9.98. The largest absolute Gasteiger partial charge is 0.458 e. The molecule has 0 aliphatic rings. The third-order valence-corrected chi connectivity index (χ3v) is 7.04. The quantitative estimate of drug-likeness (QED) is 0.192. The van der Waals surface area contributed by atoms with Crippen LogP contribution in [0.2, 0.25) is 0 Å². The molecule has 0 aliphatic carbocycles. The van der Waals surface area contributed by atoms with Gasteiger partial charge >= 0.3 is 12.1 Å². The summed E-state index contributed by atoms with van der Waals surface area (Å²) in [6.07, 6.45) is -0.624. The zero-order valence-corrected chi connectivity index (χ0v) is 28.8. The van der Waals surface area contributed by atoms with E-state index in [0.29, 0.717) is 5.56 Å². The number of hydrogen-bond acceptors (Lipinski definition) is 7. The van der Waals surface area contributed by atoms with E-state index >= 15 is 0 Å². The molecule has 0 saturated heterocycles. The van der Waals surface area contributed by atoms with Gasteiger partial charge in [-0.2, -0.15) is 5.26 Å². The molecular formula is C38H46N4O6. The molecule has 10 nitrogen and oxygen atoms in total. The highest BCUT2D eigenvalue weighted by Gasteiger charge is 2.38. The Labute approximate surface area is 283 Å². The van der Waals surface area contributed by atoms with Gasteiger partial charge in [0.25, 0.3) is 0 Å². The van der Waals surface area contributed by atoms with Crippen molar-refractivity contribution in [2.75, 3.05) is 6.54 Å². The van der Waals surface area contributed by atoms with Crippen molar-refractivity contribution >= 4 is 23.9 Å². The van der Waals surface area contributed by atoms with E-state index in [0.717, 1.165) is 21.6 Å². The Kier molecular flexibility index (Phi) is 12.9. The minimum Gasteiger partial charge on any atom is -0.458 e. The zero-order chi connectivity index (χ0) is 35.5. The molecule has 3 rings (SSSR count). The van der Waals surface area contributed by atoms with Crippen molar-refractivity contribution in [3.63, 3.8) is 0 Å². The fraction of sp³-hybridized carbons (Fsp3) is 0.395. The van der Waals surface area contributed by atoms with Gasteiger partial charge in [0.2, 0.25) is 11.8 Å². The Morgan fingerprint density at radius 1 is 0.729 bits per heavy atom. The first-order valence-electron chi connectivity index (χ1n) is 15.9. The van der Waals surface area contributed by atoms with Gasteiger partial charge in [-0.15, -0.1) is 0 Å². The number of amides is 3. The van der Waals surface area contributed by atoms with Gasteiger partial charge in [0, 0.05) is 12.8 Å². The monoisotopic (exact) mass is 654 g/mol. The molecule has 3 aromatic carbocycles. The van der Waals surface area contributed by atoms with E-state index < -0.39 is 59.7 Å². The van der Waals surface area contributed by atoms with Crippen LogP contribution < -0.4 is 10.6 Å². The summed E-state index contributed by atoms with van der Waals surface area (Å²) < 4.78 is 11.1. The van der Waals surface area contributed by atoms with Crippen molar-refractivity contribution in [2.45, 2.75) is 90.6 Å². The molecule has 3 aromatic rings. The highest BCUT2D eigenvalue weighted by Crippen LogP contribution is 2.25. The average molecular weight is 655 g/mol. The number of alkyl carbamates (subject to hydrolysis) is 1. The molecule has 0 fully saturated rings. The van der Waals surface area contributed by atoms with Gasteiger partial charge in [-0.25, -0.2) is 9.59 Å². The molecule has 254 valence electrons. The Bertz CT molecular complexity index is 1570. The maximum absolute atomic E-state index is 14.5. The molecule has 3 amide bonds. The lowest BCUT2D eigenvalue weighted by Crippen LogP contribution is -2.55. The van der Waals surface area contributed by atoms with E-state index in [1.807, 2.05) is 73.7 Å². The fourth-order valence-electron chi connectivity index (χ4n) is 4.96. The van der Waals surface area contributed by atoms with Crippen LogP contribution in [0.25, 0.3) is 0 Å². The van der Waals surface area contributed by atoms with Crippen LogP contribution in [0.1, 0.15) is 69.8 Å². The highest BCUT2D eigenvalue weighted by molar-refractivity contribution is 5.94. The smallest absolute Gasteiger partial charge is 0.408 e. The Morgan fingerprint density at radius 3 is 1.71 bits per heavy atom. The second kappa shape index (κ2) is 16.6. The number of nitrogens with one attached hydrogen (secondary N) is 2. The normalized spacial score (nSPS) is 13.2. The van der Waals surface area contributed by atoms with Crippen LogP contribution in [0, 0.1) is 18.3 Å². The number of ether oxygens (including phenoxy) is 2. The predicted octanol–water partition coefficient (Wildman–Crippen LogP) is 5.59. The van der Waals surface area contributed by atoms with Gasteiger partial charge in [-0.05, 0) is 65.2 Å². The summed E-state index contributed by atoms with van der Waals surface area (Å²) >= 11 is 0. The first-order valence-corrected chi connectivity index (χ1v) is 15.9. The molecule has 0 bridgehead atoms. The van der Waals surface area contributed by atoms with E-state index in [1.54, 1.807) is 65.8 Å². The highest BCUT2D eigenvalue weighted by atomic mass is 16.6. The number of rotatable bonds is 12. The van der Waals surface area contributed by atoms with Crippen LogP contribution in [0.5, 0.6) is 0 Å². The van der Waals surface area contributed by atoms with Crippen LogP contribution in [0.3, 0.4) is 0 Å². The molecule has 0 aromatic heterocycles. The van der Waals surface area contributed by atoms with Crippen molar-refractivity contribution < 1.29 is 28.7 Å². The molecule has 10 heteroatoms. The van der Waals surface area contributed by atoms with E-state index in [4.69, 9.17) is 9.47 Å². The van der Waals surface area contributed by atoms with Crippen LogP contribution in [0.15, 0.2) is 84.9 Å². The van der Waals surface area contributed by atoms with E-state index in [-0.39, 0.29) is 12.8 Å². The summed E-state index contributed by atoms with van der Waals surface area (Å²) in [5, 5.41) is 15.4. The van der Waals surface area contributed by atoms with Crippen molar-refractivity contribution in [3.8, 4) is 6.07 Å². The molecule has 0 aliphatic heterocycles. The SMILES string of the molecule is Cc1ccc(C(C(=O)NC(Cc2ccccc2)C(=O)OC(C)(C)C)N(CC#N)C(=O)C(Cc2ccccc2)NC(=O)OC(C)(C)C)cc1. The Hall–Kier alpha value is -5.17. The third kappa shape index (κ3) is 11.9. The second-order valence-electron chi connectivity index (χ2n) is 13.6. The predicted molar refractivity (Wildman–Crippen MR) is 182 cm³/mol.